The summed E-state index contributed by atoms with van der Waals surface area (Å²) in [6.45, 7) is 0. The van der Waals surface area contributed by atoms with Crippen molar-refractivity contribution in [3.8, 4) is 0 Å². The van der Waals surface area contributed by atoms with E-state index in [2.05, 4.69) is 0 Å². The Balaban J connectivity index is 0.000000215. The van der Waals surface area contributed by atoms with Crippen LogP contribution in [0.2, 0.25) is 0 Å². The molecule has 18 saturated carbocycles. The third-order valence-electron chi connectivity index (χ3n) is 35.9. The molecule has 816 valence electrons. The standard InChI is InChI=1S/6C18H33P.6FH2O2P/c6*1-4-10-16(11-5-1)19(17-12-6-2-7-13-17)18-14-8-3-9-15-18;6*1-4(2)3/h6*16-18H,1-15H2;6*4H,(H,2,3). The van der Waals surface area contributed by atoms with Crippen molar-refractivity contribution in [2.45, 2.75) is 680 Å². The molecule has 6 unspecified atom stereocenters. The SMILES string of the molecule is C1CCC(P(C2CCCCC2)C2CCCCC2)CC1.C1CCC(P(C2CCCCC2)C2CCCCC2)CC1.C1CCC(P(C2CCCCC2)C2CCCCC2)CC1.C1CCC(P(C2CCCCC2)C2CCCCC2)CC1.C1CCC(P(C2CCCCC2)C2CCCCC2)CC1.C1CCC(P(C2CCCCC2)C2CCCCC2)CC1.O=[PH](O)F.O=[PH](O)F.O=[PH](O)F.O=[PH](O)F.O=[PH](O)F.O=[PH](O)F. The minimum Gasteiger partial charge on any atom is -0.323 e. The average Bonchev–Trinajstić information content (AvgIpc) is 0.848. The van der Waals surface area contributed by atoms with Gasteiger partial charge in [0.2, 0.25) is 0 Å². The summed E-state index contributed by atoms with van der Waals surface area (Å²) in [5, 5.41) is 0. The van der Waals surface area contributed by atoms with Gasteiger partial charge in [-0.05, 0) is 333 Å². The Morgan fingerprint density at radius 3 is 0.181 bits per heavy atom. The summed E-state index contributed by atoms with van der Waals surface area (Å²) < 4.78 is 112. The van der Waals surface area contributed by atoms with Gasteiger partial charge in [-0.25, -0.2) is 0 Å². The van der Waals surface area contributed by atoms with Crippen molar-refractivity contribution >= 4 is 97.6 Å². The maximum atomic E-state index is 10.1. The van der Waals surface area contributed by atoms with Crippen LogP contribution in [0.5, 0.6) is 0 Å². The van der Waals surface area contributed by atoms with E-state index >= 15 is 0 Å². The average molecular weight is 2190 g/mol. The van der Waals surface area contributed by atoms with Gasteiger partial charge >= 0.3 is 50.0 Å². The number of hydrogen-bond donors (Lipinski definition) is 6. The second kappa shape index (κ2) is 81.0. The minimum absolute atomic E-state index is 0.385. The smallest absolute Gasteiger partial charge is 0.323 e. The first kappa shape index (κ1) is 128. The molecular weight excluding hydrogens is 1970 g/mol. The quantitative estimate of drug-likeness (QED) is 0.0557. The minimum atomic E-state index is -3.63. The molecule has 18 aliphatic carbocycles. The zero-order valence-corrected chi connectivity index (χ0v) is 98.5. The molecule has 138 heavy (non-hydrogen) atoms. The molecule has 30 heteroatoms. The van der Waals surface area contributed by atoms with Crippen LogP contribution >= 0.6 is 97.6 Å². The maximum Gasteiger partial charge on any atom is 0.353 e. The monoisotopic (exact) mass is 2190 g/mol. The number of hydrogen-bond acceptors (Lipinski definition) is 6. The van der Waals surface area contributed by atoms with Crippen molar-refractivity contribution in [3.63, 3.8) is 0 Å². The molecule has 0 aromatic carbocycles. The first-order valence-corrected chi connectivity index (χ1v) is 75.7. The van der Waals surface area contributed by atoms with Crippen molar-refractivity contribution < 1.29 is 81.9 Å². The van der Waals surface area contributed by atoms with Crippen LogP contribution in [0, 0.1) is 0 Å². The molecule has 18 aliphatic rings. The van der Waals surface area contributed by atoms with E-state index < -0.39 is 50.0 Å². The molecule has 6 N–H and O–H groups in total. The van der Waals surface area contributed by atoms with Gasteiger partial charge < -0.3 is 29.4 Å². The highest BCUT2D eigenvalue weighted by atomic mass is 31.2. The van der Waals surface area contributed by atoms with E-state index in [9.17, 15) is 25.2 Å². The van der Waals surface area contributed by atoms with Crippen LogP contribution in [-0.4, -0.2) is 131 Å². The summed E-state index contributed by atoms with van der Waals surface area (Å²) in [4.78, 5) is 41.6. The molecule has 0 radical (unpaired) electrons. The summed E-state index contributed by atoms with van der Waals surface area (Å²) in [5.74, 6) is 0. The van der Waals surface area contributed by atoms with Crippen LogP contribution in [0.15, 0.2) is 0 Å². The van der Waals surface area contributed by atoms with Crippen molar-refractivity contribution in [1.29, 1.82) is 0 Å². The third-order valence-corrected chi connectivity index (χ3v) is 60.4. The van der Waals surface area contributed by atoms with Gasteiger partial charge in [-0.15, -0.1) is 0 Å². The Morgan fingerprint density at radius 2 is 0.145 bits per heavy atom. The molecule has 6 atom stereocenters. The van der Waals surface area contributed by atoms with Gasteiger partial charge in [0.25, 0.3) is 0 Å². The summed E-state index contributed by atoms with van der Waals surface area (Å²) in [7, 11) is -19.5. The van der Waals surface area contributed by atoms with E-state index in [1.165, 1.54) is 217 Å². The van der Waals surface area contributed by atoms with Crippen LogP contribution in [-0.2, 0) is 27.4 Å². The number of rotatable bonds is 18. The molecule has 0 saturated heterocycles. The van der Waals surface area contributed by atoms with Crippen LogP contribution < -0.4 is 0 Å². The molecule has 0 heterocycles. The van der Waals surface area contributed by atoms with E-state index in [0.717, 1.165) is 0 Å². The second-order valence-corrected chi connectivity index (χ2v) is 67.0. The highest BCUT2D eigenvalue weighted by Crippen LogP contribution is 2.68. The fourth-order valence-electron chi connectivity index (χ4n) is 30.2. The van der Waals surface area contributed by atoms with E-state index in [0.29, 0.717) is 47.5 Å². The molecule has 18 fully saturated rings. The molecule has 0 spiro atoms. The summed E-state index contributed by atoms with van der Waals surface area (Å²) in [5.41, 5.74) is 21.4. The summed E-state index contributed by atoms with van der Waals surface area (Å²) in [6.07, 6.45) is 142. The topological polar surface area (TPSA) is 224 Å². The molecular formula is C108H210F6O12P12. The van der Waals surface area contributed by atoms with Crippen molar-refractivity contribution in [2.24, 2.45) is 0 Å². The lowest BCUT2D eigenvalue weighted by Crippen LogP contribution is -2.28. The van der Waals surface area contributed by atoms with Gasteiger partial charge in [0.05, 0.1) is 0 Å². The largest absolute Gasteiger partial charge is 0.353 e. The number of halogens is 6. The van der Waals surface area contributed by atoms with Crippen LogP contribution in [0.25, 0.3) is 0 Å². The molecule has 0 aromatic rings. The first-order chi connectivity index (χ1) is 67.1. The summed E-state index contributed by atoms with van der Waals surface area (Å²) in [6, 6.07) is 0. The molecule has 0 aromatic heterocycles. The Hall–Kier alpha value is 3.30. The van der Waals surface area contributed by atoms with Gasteiger partial charge in [-0.3, -0.25) is 27.4 Å². The lowest BCUT2D eigenvalue weighted by Gasteiger charge is -2.44. The molecule has 0 bridgehead atoms. The lowest BCUT2D eigenvalue weighted by atomic mass is 9.99. The Labute approximate surface area is 853 Å². The van der Waals surface area contributed by atoms with Crippen molar-refractivity contribution in [3.05, 3.63) is 0 Å². The fourth-order valence-corrected chi connectivity index (χ4v) is 58.2. The van der Waals surface area contributed by atoms with E-state index in [1.807, 2.05) is 0 Å². The summed E-state index contributed by atoms with van der Waals surface area (Å²) >= 11 is 0. The Bertz CT molecular complexity index is 2250. The zero-order valence-electron chi connectivity index (χ0n) is 87.1. The van der Waals surface area contributed by atoms with Crippen LogP contribution in [0.3, 0.4) is 0 Å². The van der Waals surface area contributed by atoms with Gasteiger partial charge in [0.15, 0.2) is 0 Å². The molecule has 12 nitrogen and oxygen atoms in total. The first-order valence-electron chi connectivity index (χ1n) is 59.0. The van der Waals surface area contributed by atoms with Crippen LogP contribution in [0.1, 0.15) is 578 Å². The second-order valence-electron chi connectivity index (χ2n) is 45.5. The van der Waals surface area contributed by atoms with Crippen LogP contribution in [0.4, 0.5) is 25.2 Å². The predicted molar refractivity (Wildman–Crippen MR) is 599 cm³/mol. The Morgan fingerprint density at radius 1 is 0.109 bits per heavy atom. The predicted octanol–water partition coefficient (Wildman–Crippen LogP) is 40.8. The maximum absolute atomic E-state index is 10.1. The molecule has 18 rings (SSSR count). The van der Waals surface area contributed by atoms with Crippen molar-refractivity contribution in [1.82, 2.24) is 0 Å². The third kappa shape index (κ3) is 55.4. The van der Waals surface area contributed by atoms with E-state index in [1.54, 1.807) is 462 Å². The van der Waals surface area contributed by atoms with E-state index in [4.69, 9.17) is 56.8 Å². The Kier molecular flexibility index (Phi) is 75.3. The van der Waals surface area contributed by atoms with Gasteiger partial charge in [0, 0.05) is 0 Å². The highest BCUT2D eigenvalue weighted by Gasteiger charge is 2.44. The fraction of sp³-hybridized carbons (Fsp3) is 1.00. The molecule has 0 amide bonds. The zero-order chi connectivity index (χ0) is 99.0. The normalized spacial score (nSPS) is 26.6. The van der Waals surface area contributed by atoms with Gasteiger partial charge in [-0.1, -0.05) is 394 Å². The van der Waals surface area contributed by atoms with Gasteiger partial charge in [-0.2, -0.15) is 25.2 Å². The highest BCUT2D eigenvalue weighted by molar-refractivity contribution is 7.61. The van der Waals surface area contributed by atoms with E-state index in [-0.39, 0.29) is 0 Å². The lowest BCUT2D eigenvalue weighted by molar-refractivity contribution is 0.458. The molecule has 0 aliphatic heterocycles. The van der Waals surface area contributed by atoms with Gasteiger partial charge in [0.1, 0.15) is 0 Å². The van der Waals surface area contributed by atoms with Crippen molar-refractivity contribution in [2.75, 3.05) is 0 Å².